The van der Waals surface area contributed by atoms with Crippen molar-refractivity contribution in [3.63, 3.8) is 0 Å². The Morgan fingerprint density at radius 1 is 0.684 bits per heavy atom. The van der Waals surface area contributed by atoms with Crippen molar-refractivity contribution in [2.45, 2.75) is 0 Å². The molecule has 0 aliphatic rings. The zero-order valence-electron chi connectivity index (χ0n) is 9.84. The van der Waals surface area contributed by atoms with Crippen LogP contribution in [0.2, 0.25) is 0 Å². The summed E-state index contributed by atoms with van der Waals surface area (Å²) in [5, 5.41) is 43.1. The van der Waals surface area contributed by atoms with Crippen molar-refractivity contribution in [2.75, 3.05) is 0 Å². The molecular formula is C12H13BO6. The summed E-state index contributed by atoms with van der Waals surface area (Å²) in [6, 6.07) is 12.2. The van der Waals surface area contributed by atoms with Gasteiger partial charge in [-0.1, -0.05) is 24.3 Å². The first-order chi connectivity index (χ1) is 9.00. The molecule has 0 aliphatic carbocycles. The Kier molecular flexibility index (Phi) is 5.52. The van der Waals surface area contributed by atoms with Gasteiger partial charge in [-0.05, 0) is 24.3 Å². The molecule has 6 nitrogen and oxygen atoms in total. The predicted molar refractivity (Wildman–Crippen MR) is 68.7 cm³/mol. The Hall–Kier alpha value is -2.38. The highest BCUT2D eigenvalue weighted by atomic mass is 16.6. The Morgan fingerprint density at radius 3 is 1.47 bits per heavy atom. The second-order valence-electron chi connectivity index (χ2n) is 3.40. The van der Waals surface area contributed by atoms with Crippen molar-refractivity contribution in [3.8, 4) is 23.0 Å². The van der Waals surface area contributed by atoms with Gasteiger partial charge in [0.1, 0.15) is 5.75 Å². The SMILES string of the molecule is OB(O)Oc1ccccc1O.Oc1ccccc1O. The van der Waals surface area contributed by atoms with Gasteiger partial charge in [0.2, 0.25) is 0 Å². The van der Waals surface area contributed by atoms with E-state index in [-0.39, 0.29) is 23.0 Å². The van der Waals surface area contributed by atoms with Gasteiger partial charge in [0, 0.05) is 0 Å². The minimum atomic E-state index is -1.90. The zero-order chi connectivity index (χ0) is 14.3. The fourth-order valence-corrected chi connectivity index (χ4v) is 1.13. The molecule has 19 heavy (non-hydrogen) atoms. The Bertz CT molecular complexity index is 496. The average molecular weight is 264 g/mol. The van der Waals surface area contributed by atoms with Gasteiger partial charge in [0.05, 0.1) is 0 Å². The molecule has 0 atom stereocenters. The molecule has 0 saturated heterocycles. The molecule has 0 unspecified atom stereocenters. The van der Waals surface area contributed by atoms with Crippen molar-refractivity contribution in [1.82, 2.24) is 0 Å². The lowest BCUT2D eigenvalue weighted by Gasteiger charge is -2.04. The van der Waals surface area contributed by atoms with Crippen LogP contribution in [-0.2, 0) is 0 Å². The maximum absolute atomic E-state index is 9.01. The molecule has 7 heteroatoms. The number of aromatic hydroxyl groups is 3. The molecule has 0 amide bonds. The number of benzene rings is 2. The molecule has 0 heterocycles. The van der Waals surface area contributed by atoms with Gasteiger partial charge in [0.15, 0.2) is 17.2 Å². The quantitative estimate of drug-likeness (QED) is 0.406. The molecule has 2 aromatic rings. The molecular weight excluding hydrogens is 251 g/mol. The summed E-state index contributed by atoms with van der Waals surface area (Å²) < 4.78 is 4.41. The third-order valence-corrected chi connectivity index (χ3v) is 1.98. The molecule has 0 fully saturated rings. The van der Waals surface area contributed by atoms with E-state index in [1.807, 2.05) is 0 Å². The first-order valence-corrected chi connectivity index (χ1v) is 5.28. The molecule has 100 valence electrons. The fourth-order valence-electron chi connectivity index (χ4n) is 1.13. The van der Waals surface area contributed by atoms with Gasteiger partial charge < -0.3 is 30.0 Å². The van der Waals surface area contributed by atoms with Crippen LogP contribution in [0.15, 0.2) is 48.5 Å². The van der Waals surface area contributed by atoms with Gasteiger partial charge >= 0.3 is 7.32 Å². The standard InChI is InChI=1S/C6H7BO4.C6H6O2/c8-5-3-1-2-4-6(5)11-7(9)10;7-5-3-1-2-4-6(5)8/h1-4,8-10H;1-4,7-8H. The molecule has 0 radical (unpaired) electrons. The maximum atomic E-state index is 9.01. The molecule has 0 aromatic heterocycles. The Balaban J connectivity index is 0.000000200. The van der Waals surface area contributed by atoms with Crippen LogP contribution in [0.1, 0.15) is 0 Å². The largest absolute Gasteiger partial charge is 0.707 e. The normalized spacial score (nSPS) is 9.16. The zero-order valence-corrected chi connectivity index (χ0v) is 9.84. The maximum Gasteiger partial charge on any atom is 0.707 e. The van der Waals surface area contributed by atoms with Crippen LogP contribution in [0.3, 0.4) is 0 Å². The molecule has 2 rings (SSSR count). The minimum Gasteiger partial charge on any atom is -0.509 e. The van der Waals surface area contributed by atoms with Gasteiger partial charge in [-0.3, -0.25) is 0 Å². The fraction of sp³-hybridized carbons (Fsp3) is 0. The van der Waals surface area contributed by atoms with E-state index >= 15 is 0 Å². The first kappa shape index (κ1) is 14.7. The highest BCUT2D eigenvalue weighted by Crippen LogP contribution is 2.24. The Morgan fingerprint density at radius 2 is 1.11 bits per heavy atom. The summed E-state index contributed by atoms with van der Waals surface area (Å²) in [6.45, 7) is 0. The molecule has 0 bridgehead atoms. The monoisotopic (exact) mass is 264 g/mol. The van der Waals surface area contributed by atoms with E-state index in [4.69, 9.17) is 25.4 Å². The van der Waals surface area contributed by atoms with Crippen LogP contribution in [0.25, 0.3) is 0 Å². The van der Waals surface area contributed by atoms with Crippen molar-refractivity contribution < 1.29 is 30.0 Å². The van der Waals surface area contributed by atoms with Gasteiger partial charge in [-0.25, -0.2) is 0 Å². The molecule has 2 aromatic carbocycles. The van der Waals surface area contributed by atoms with Crippen LogP contribution in [0.4, 0.5) is 0 Å². The van der Waals surface area contributed by atoms with Crippen molar-refractivity contribution >= 4 is 7.32 Å². The summed E-state index contributed by atoms with van der Waals surface area (Å²) in [5.41, 5.74) is 0. The highest BCUT2D eigenvalue weighted by molar-refractivity contribution is 6.33. The van der Waals surface area contributed by atoms with Crippen molar-refractivity contribution in [3.05, 3.63) is 48.5 Å². The Labute approximate surface area is 110 Å². The van der Waals surface area contributed by atoms with E-state index in [1.165, 1.54) is 24.3 Å². The summed E-state index contributed by atoms with van der Waals surface area (Å²) in [6.07, 6.45) is 0. The van der Waals surface area contributed by atoms with Crippen LogP contribution >= 0.6 is 0 Å². The number of phenolic OH excluding ortho intramolecular Hbond substituents is 3. The average Bonchev–Trinajstić information content (AvgIpc) is 2.36. The molecule has 0 saturated carbocycles. The predicted octanol–water partition coefficient (Wildman–Crippen LogP) is 0.838. The second-order valence-corrected chi connectivity index (χ2v) is 3.40. The van der Waals surface area contributed by atoms with E-state index in [1.54, 1.807) is 24.3 Å². The van der Waals surface area contributed by atoms with Crippen molar-refractivity contribution in [1.29, 1.82) is 0 Å². The van der Waals surface area contributed by atoms with Gasteiger partial charge in [0.25, 0.3) is 0 Å². The van der Waals surface area contributed by atoms with E-state index in [9.17, 15) is 0 Å². The molecule has 5 N–H and O–H groups in total. The third kappa shape index (κ3) is 5.20. The lowest BCUT2D eigenvalue weighted by Crippen LogP contribution is -2.20. The highest BCUT2D eigenvalue weighted by Gasteiger charge is 2.12. The number of rotatable bonds is 2. The molecule has 0 aliphatic heterocycles. The van der Waals surface area contributed by atoms with Crippen LogP contribution < -0.4 is 4.65 Å². The second kappa shape index (κ2) is 7.15. The van der Waals surface area contributed by atoms with E-state index in [0.717, 1.165) is 0 Å². The lowest BCUT2D eigenvalue weighted by molar-refractivity contribution is 0.281. The summed E-state index contributed by atoms with van der Waals surface area (Å²) >= 11 is 0. The topological polar surface area (TPSA) is 110 Å². The third-order valence-electron chi connectivity index (χ3n) is 1.98. The summed E-state index contributed by atoms with van der Waals surface area (Å²) in [5.74, 6) is -0.233. The minimum absolute atomic E-state index is 0.0440. The number of phenols is 3. The first-order valence-electron chi connectivity index (χ1n) is 5.28. The number of para-hydroxylation sites is 4. The van der Waals surface area contributed by atoms with Crippen molar-refractivity contribution in [2.24, 2.45) is 0 Å². The van der Waals surface area contributed by atoms with Gasteiger partial charge in [-0.2, -0.15) is 0 Å². The lowest BCUT2D eigenvalue weighted by atomic mass is 10.2. The van der Waals surface area contributed by atoms with Crippen LogP contribution in [0, 0.1) is 0 Å². The molecule has 0 spiro atoms. The van der Waals surface area contributed by atoms with E-state index < -0.39 is 7.32 Å². The van der Waals surface area contributed by atoms with Crippen LogP contribution in [-0.4, -0.2) is 32.7 Å². The van der Waals surface area contributed by atoms with E-state index in [2.05, 4.69) is 4.65 Å². The number of hydrogen-bond donors (Lipinski definition) is 5. The van der Waals surface area contributed by atoms with Crippen LogP contribution in [0.5, 0.6) is 23.0 Å². The number of hydrogen-bond acceptors (Lipinski definition) is 6. The van der Waals surface area contributed by atoms with E-state index in [0.29, 0.717) is 0 Å². The summed E-state index contributed by atoms with van der Waals surface area (Å²) in [7, 11) is -1.90. The smallest absolute Gasteiger partial charge is 0.509 e. The summed E-state index contributed by atoms with van der Waals surface area (Å²) in [4.78, 5) is 0. The van der Waals surface area contributed by atoms with Gasteiger partial charge in [-0.15, -0.1) is 0 Å².